The minimum absolute atomic E-state index is 0.227. The van der Waals surface area contributed by atoms with Gasteiger partial charge in [-0.1, -0.05) is 12.1 Å². The van der Waals surface area contributed by atoms with Crippen LogP contribution >= 0.6 is 11.3 Å². The van der Waals surface area contributed by atoms with Gasteiger partial charge in [-0.15, -0.1) is 17.9 Å². The maximum Gasteiger partial charge on any atom is 0.172 e. The van der Waals surface area contributed by atoms with E-state index in [9.17, 15) is 4.79 Å². The Morgan fingerprint density at radius 1 is 1.44 bits per heavy atom. The Morgan fingerprint density at radius 3 is 2.94 bits per heavy atom. The molecule has 0 N–H and O–H groups in total. The van der Waals surface area contributed by atoms with Crippen LogP contribution in [0.15, 0.2) is 30.2 Å². The Balaban J connectivity index is 1.99. The van der Waals surface area contributed by atoms with Crippen molar-refractivity contribution in [2.24, 2.45) is 0 Å². The van der Waals surface area contributed by atoms with Crippen molar-refractivity contribution >= 4 is 17.1 Å². The molecule has 0 aliphatic heterocycles. The quantitative estimate of drug-likeness (QED) is 0.372. The van der Waals surface area contributed by atoms with Crippen molar-refractivity contribution in [1.29, 1.82) is 0 Å². The number of hydrogen-bond donors (Lipinski definition) is 0. The van der Waals surface area contributed by atoms with Crippen LogP contribution in [0.4, 0.5) is 0 Å². The molecule has 0 amide bonds. The fourth-order valence-corrected chi connectivity index (χ4v) is 2.02. The number of carbonyl (C=O) groups is 1. The Morgan fingerprint density at radius 2 is 2.25 bits per heavy atom. The molecule has 1 heterocycles. The van der Waals surface area contributed by atoms with Gasteiger partial charge in [-0.05, 0) is 30.7 Å². The van der Waals surface area contributed by atoms with E-state index in [1.807, 2.05) is 23.6 Å². The number of ether oxygens (including phenoxy) is 1. The van der Waals surface area contributed by atoms with E-state index in [-0.39, 0.29) is 5.78 Å². The summed E-state index contributed by atoms with van der Waals surface area (Å²) in [5.41, 5.74) is 0. The van der Waals surface area contributed by atoms with Gasteiger partial charge in [0.05, 0.1) is 4.88 Å². The highest BCUT2D eigenvalue weighted by molar-refractivity contribution is 7.12. The number of thiophene rings is 1. The second kappa shape index (κ2) is 8.25. The number of carbonyl (C=O) groups excluding carboxylic acids is 1. The van der Waals surface area contributed by atoms with Crippen molar-refractivity contribution in [2.45, 2.75) is 25.7 Å². The van der Waals surface area contributed by atoms with E-state index in [2.05, 4.69) is 6.58 Å². The molecule has 16 heavy (non-hydrogen) atoms. The van der Waals surface area contributed by atoms with Crippen LogP contribution in [-0.4, -0.2) is 19.0 Å². The zero-order valence-corrected chi connectivity index (χ0v) is 10.3. The Labute approximate surface area is 101 Å². The van der Waals surface area contributed by atoms with E-state index in [1.165, 1.54) is 11.3 Å². The van der Waals surface area contributed by atoms with Crippen molar-refractivity contribution in [3.8, 4) is 0 Å². The summed E-state index contributed by atoms with van der Waals surface area (Å²) in [4.78, 5) is 12.4. The summed E-state index contributed by atoms with van der Waals surface area (Å²) >= 11 is 1.50. The van der Waals surface area contributed by atoms with Crippen LogP contribution in [0.1, 0.15) is 35.4 Å². The fraction of sp³-hybridized carbons (Fsp3) is 0.462. The molecule has 0 radical (unpaired) electrons. The largest absolute Gasteiger partial charge is 0.381 e. The highest BCUT2D eigenvalue weighted by Gasteiger charge is 2.05. The first-order chi connectivity index (χ1) is 7.84. The first-order valence-corrected chi connectivity index (χ1v) is 6.48. The van der Waals surface area contributed by atoms with E-state index < -0.39 is 0 Å². The van der Waals surface area contributed by atoms with Gasteiger partial charge < -0.3 is 4.74 Å². The Kier molecular flexibility index (Phi) is 6.77. The average molecular weight is 238 g/mol. The first-order valence-electron chi connectivity index (χ1n) is 5.60. The molecule has 0 spiro atoms. The third-order valence-electron chi connectivity index (χ3n) is 2.19. The second-order valence-corrected chi connectivity index (χ2v) is 4.50. The molecular formula is C13H18O2S. The topological polar surface area (TPSA) is 26.3 Å². The van der Waals surface area contributed by atoms with Gasteiger partial charge in [0.2, 0.25) is 0 Å². The van der Waals surface area contributed by atoms with Crippen LogP contribution < -0.4 is 0 Å². The first kappa shape index (κ1) is 13.1. The molecule has 0 fully saturated rings. The lowest BCUT2D eigenvalue weighted by Crippen LogP contribution is -2.01. The van der Waals surface area contributed by atoms with E-state index in [0.29, 0.717) is 13.0 Å². The summed E-state index contributed by atoms with van der Waals surface area (Å²) in [5.74, 6) is 0.227. The van der Waals surface area contributed by atoms with Gasteiger partial charge in [0.15, 0.2) is 5.78 Å². The van der Waals surface area contributed by atoms with Gasteiger partial charge in [0.25, 0.3) is 0 Å². The molecule has 0 saturated carbocycles. The minimum Gasteiger partial charge on any atom is -0.381 e. The molecule has 1 rings (SSSR count). The summed E-state index contributed by atoms with van der Waals surface area (Å²) in [6.45, 7) is 5.09. The van der Waals surface area contributed by atoms with Crippen molar-refractivity contribution in [2.75, 3.05) is 13.2 Å². The lowest BCUT2D eigenvalue weighted by molar-refractivity contribution is 0.0939. The predicted molar refractivity (Wildman–Crippen MR) is 68.1 cm³/mol. The monoisotopic (exact) mass is 238 g/mol. The SMILES string of the molecule is C=CCCCOCCCC(=O)c1cccs1. The normalized spacial score (nSPS) is 10.2. The average Bonchev–Trinajstić information content (AvgIpc) is 2.81. The molecule has 1 aromatic rings. The molecule has 0 atom stereocenters. The zero-order valence-electron chi connectivity index (χ0n) is 9.48. The van der Waals surface area contributed by atoms with Crippen LogP contribution in [0.3, 0.4) is 0 Å². The third-order valence-corrected chi connectivity index (χ3v) is 3.10. The smallest absolute Gasteiger partial charge is 0.172 e. The number of hydrogen-bond acceptors (Lipinski definition) is 3. The van der Waals surface area contributed by atoms with Gasteiger partial charge in [-0.2, -0.15) is 0 Å². The van der Waals surface area contributed by atoms with Gasteiger partial charge in [-0.3, -0.25) is 4.79 Å². The van der Waals surface area contributed by atoms with Crippen LogP contribution in [0.25, 0.3) is 0 Å². The van der Waals surface area contributed by atoms with Crippen LogP contribution in [0.5, 0.6) is 0 Å². The molecule has 2 nitrogen and oxygen atoms in total. The van der Waals surface area contributed by atoms with Crippen molar-refractivity contribution in [1.82, 2.24) is 0 Å². The predicted octanol–water partition coefficient (Wildman–Crippen LogP) is 3.69. The highest BCUT2D eigenvalue weighted by Crippen LogP contribution is 2.12. The molecule has 0 bridgehead atoms. The molecule has 3 heteroatoms. The molecular weight excluding hydrogens is 220 g/mol. The van der Waals surface area contributed by atoms with Crippen molar-refractivity contribution in [3.63, 3.8) is 0 Å². The van der Waals surface area contributed by atoms with E-state index >= 15 is 0 Å². The van der Waals surface area contributed by atoms with Crippen molar-refractivity contribution < 1.29 is 9.53 Å². The zero-order chi connectivity index (χ0) is 11.6. The van der Waals surface area contributed by atoms with E-state index in [0.717, 1.165) is 30.7 Å². The molecule has 88 valence electrons. The van der Waals surface area contributed by atoms with Gasteiger partial charge in [0.1, 0.15) is 0 Å². The van der Waals surface area contributed by atoms with Gasteiger partial charge in [-0.25, -0.2) is 0 Å². The number of unbranched alkanes of at least 4 members (excludes halogenated alkanes) is 1. The van der Waals surface area contributed by atoms with Gasteiger partial charge >= 0.3 is 0 Å². The maximum atomic E-state index is 11.6. The van der Waals surface area contributed by atoms with Crippen LogP contribution in [0, 0.1) is 0 Å². The number of rotatable bonds is 9. The summed E-state index contributed by atoms with van der Waals surface area (Å²) in [6.07, 6.45) is 5.30. The highest BCUT2D eigenvalue weighted by atomic mass is 32.1. The fourth-order valence-electron chi connectivity index (χ4n) is 1.33. The van der Waals surface area contributed by atoms with Crippen LogP contribution in [-0.2, 0) is 4.74 Å². The summed E-state index contributed by atoms with van der Waals surface area (Å²) < 4.78 is 5.41. The minimum atomic E-state index is 0.227. The Bertz CT molecular complexity index is 304. The molecule has 1 aromatic heterocycles. The molecule has 0 aliphatic rings. The number of ketones is 1. The standard InChI is InChI=1S/C13H18O2S/c1-2-3-4-9-15-10-5-7-12(14)13-8-6-11-16-13/h2,6,8,11H,1,3-5,7,9-10H2. The summed E-state index contributed by atoms with van der Waals surface area (Å²) in [6, 6.07) is 3.78. The van der Waals surface area contributed by atoms with Crippen LogP contribution in [0.2, 0.25) is 0 Å². The lowest BCUT2D eigenvalue weighted by Gasteiger charge is -2.02. The third kappa shape index (κ3) is 5.24. The van der Waals surface area contributed by atoms with Crippen molar-refractivity contribution in [3.05, 3.63) is 35.0 Å². The van der Waals surface area contributed by atoms with Gasteiger partial charge in [0, 0.05) is 19.6 Å². The van der Waals surface area contributed by atoms with E-state index in [4.69, 9.17) is 4.74 Å². The molecule has 0 aromatic carbocycles. The second-order valence-electron chi connectivity index (χ2n) is 3.55. The lowest BCUT2D eigenvalue weighted by atomic mass is 10.2. The van der Waals surface area contributed by atoms with E-state index in [1.54, 1.807) is 0 Å². The summed E-state index contributed by atoms with van der Waals surface area (Å²) in [5, 5.41) is 1.93. The summed E-state index contributed by atoms with van der Waals surface area (Å²) in [7, 11) is 0. The molecule has 0 unspecified atom stereocenters. The Hall–Kier alpha value is -0.930. The molecule has 0 aliphatic carbocycles. The molecule has 0 saturated heterocycles. The maximum absolute atomic E-state index is 11.6. The number of allylic oxidation sites excluding steroid dienone is 1. The number of Topliss-reactive ketones (excluding diaryl/α,β-unsaturated/α-hetero) is 1.